The number of halogens is 1. The van der Waals surface area contributed by atoms with Gasteiger partial charge in [-0.05, 0) is 12.8 Å². The highest BCUT2D eigenvalue weighted by atomic mass is 79.9. The van der Waals surface area contributed by atoms with Crippen molar-refractivity contribution in [2.45, 2.75) is 31.0 Å². The lowest BCUT2D eigenvalue weighted by Crippen LogP contribution is -2.19. The van der Waals surface area contributed by atoms with Crippen molar-refractivity contribution in [2.24, 2.45) is 0 Å². The maximum absolute atomic E-state index is 10.1. The van der Waals surface area contributed by atoms with Crippen LogP contribution in [0.3, 0.4) is 0 Å². The van der Waals surface area contributed by atoms with Gasteiger partial charge < -0.3 is 0 Å². The van der Waals surface area contributed by atoms with E-state index in [9.17, 15) is 4.79 Å². The highest BCUT2D eigenvalue weighted by Gasteiger charge is 2.21. The predicted molar refractivity (Wildman–Crippen MR) is 37.9 cm³/mol. The Hall–Kier alpha value is 0.150. The van der Waals surface area contributed by atoms with Crippen molar-refractivity contribution in [3.05, 3.63) is 0 Å². The monoisotopic (exact) mass is 177 g/mol. The van der Waals surface area contributed by atoms with Crippen molar-refractivity contribution in [1.29, 1.82) is 0 Å². The van der Waals surface area contributed by atoms with Crippen LogP contribution in [0, 0.1) is 0 Å². The van der Waals surface area contributed by atoms with Gasteiger partial charge in [0.2, 0.25) is 6.29 Å². The summed E-state index contributed by atoms with van der Waals surface area (Å²) in [5, 5.41) is 0. The van der Waals surface area contributed by atoms with Gasteiger partial charge in [0.05, 0.1) is 4.32 Å². The van der Waals surface area contributed by atoms with E-state index in [4.69, 9.17) is 0 Å². The molecule has 0 aliphatic carbocycles. The lowest BCUT2D eigenvalue weighted by Gasteiger charge is -2.12. The summed E-state index contributed by atoms with van der Waals surface area (Å²) < 4.78 is -0.368. The number of hydrogen-bond acceptors (Lipinski definition) is 1. The zero-order valence-electron chi connectivity index (χ0n) is 5.20. The van der Waals surface area contributed by atoms with Crippen LogP contribution >= 0.6 is 15.9 Å². The number of rotatable bonds is 3. The van der Waals surface area contributed by atoms with E-state index in [0.29, 0.717) is 0 Å². The Morgan fingerprint density at radius 2 is 1.88 bits per heavy atom. The maximum Gasteiger partial charge on any atom is 0.216 e. The molecule has 0 fully saturated rings. The minimum Gasteiger partial charge on any atom is -0.289 e. The molecule has 0 aliphatic rings. The van der Waals surface area contributed by atoms with Crippen molar-refractivity contribution in [3.8, 4) is 0 Å². The lowest BCUT2D eigenvalue weighted by molar-refractivity contribution is 0.526. The standard InChI is InChI=1S/C6H10BrO/c1-3-6(7,4-2)5-8/h3-4H2,1-2H3. The molecular weight excluding hydrogens is 168 g/mol. The van der Waals surface area contributed by atoms with Gasteiger partial charge in [0, 0.05) is 0 Å². The molecule has 1 radical (unpaired) electrons. The third-order valence-corrected chi connectivity index (χ3v) is 2.59. The molecule has 1 nitrogen and oxygen atoms in total. The Balaban J connectivity index is 3.76. The number of carbonyl (C=O) groups excluding carboxylic acids is 1. The van der Waals surface area contributed by atoms with E-state index >= 15 is 0 Å². The largest absolute Gasteiger partial charge is 0.289 e. The molecule has 0 bridgehead atoms. The molecule has 0 saturated carbocycles. The molecule has 0 saturated heterocycles. The van der Waals surface area contributed by atoms with Crippen molar-refractivity contribution >= 4 is 22.2 Å². The fourth-order valence-corrected chi connectivity index (χ4v) is 0.394. The van der Waals surface area contributed by atoms with E-state index in [2.05, 4.69) is 15.9 Å². The van der Waals surface area contributed by atoms with Gasteiger partial charge in [0.1, 0.15) is 0 Å². The van der Waals surface area contributed by atoms with Gasteiger partial charge >= 0.3 is 0 Å². The molecule has 47 valence electrons. The van der Waals surface area contributed by atoms with Gasteiger partial charge in [-0.1, -0.05) is 29.8 Å². The summed E-state index contributed by atoms with van der Waals surface area (Å²) in [7, 11) is 0. The predicted octanol–water partition coefficient (Wildman–Crippen LogP) is 2.05. The summed E-state index contributed by atoms with van der Waals surface area (Å²) in [5.41, 5.74) is 0. The van der Waals surface area contributed by atoms with Gasteiger partial charge in [-0.15, -0.1) is 0 Å². The van der Waals surface area contributed by atoms with Gasteiger partial charge in [-0.25, -0.2) is 0 Å². The zero-order chi connectivity index (χ0) is 6.62. The summed E-state index contributed by atoms with van der Waals surface area (Å²) >= 11 is 3.26. The Labute approximate surface area is 58.6 Å². The highest BCUT2D eigenvalue weighted by molar-refractivity contribution is 9.10. The van der Waals surface area contributed by atoms with Crippen LogP contribution in [0.25, 0.3) is 0 Å². The smallest absolute Gasteiger partial charge is 0.216 e. The van der Waals surface area contributed by atoms with Crippen molar-refractivity contribution in [1.82, 2.24) is 0 Å². The van der Waals surface area contributed by atoms with E-state index in [-0.39, 0.29) is 4.32 Å². The summed E-state index contributed by atoms with van der Waals surface area (Å²) in [4.78, 5) is 10.1. The molecule has 0 spiro atoms. The average Bonchev–Trinajstić information content (AvgIpc) is 1.87. The Morgan fingerprint density at radius 3 is 1.88 bits per heavy atom. The van der Waals surface area contributed by atoms with Crippen LogP contribution in [0.1, 0.15) is 26.7 Å². The maximum atomic E-state index is 10.1. The van der Waals surface area contributed by atoms with E-state index in [1.807, 2.05) is 20.1 Å². The van der Waals surface area contributed by atoms with E-state index in [0.717, 1.165) is 12.8 Å². The quantitative estimate of drug-likeness (QED) is 0.604. The van der Waals surface area contributed by atoms with Crippen LogP contribution in [0.4, 0.5) is 0 Å². The van der Waals surface area contributed by atoms with Crippen LogP contribution in [-0.4, -0.2) is 10.6 Å². The minimum atomic E-state index is -0.368. The van der Waals surface area contributed by atoms with Gasteiger partial charge in [0.25, 0.3) is 0 Å². The second kappa shape index (κ2) is 3.23. The third-order valence-electron chi connectivity index (χ3n) is 1.30. The first-order valence-electron chi connectivity index (χ1n) is 2.76. The molecule has 0 N–H and O–H groups in total. The molecule has 2 heteroatoms. The van der Waals surface area contributed by atoms with Crippen molar-refractivity contribution < 1.29 is 4.79 Å². The molecule has 0 atom stereocenters. The first-order chi connectivity index (χ1) is 3.68. The lowest BCUT2D eigenvalue weighted by atomic mass is 10.1. The van der Waals surface area contributed by atoms with Gasteiger partial charge in [-0.2, -0.15) is 0 Å². The second-order valence-corrected chi connectivity index (χ2v) is 3.29. The summed E-state index contributed by atoms with van der Waals surface area (Å²) in [6.45, 7) is 3.92. The molecule has 0 rings (SSSR count). The molecule has 0 aromatic rings. The molecule has 0 heterocycles. The fraction of sp³-hybridized carbons (Fsp3) is 0.833. The normalized spacial score (nSPS) is 11.4. The molecule has 0 aromatic heterocycles. The van der Waals surface area contributed by atoms with E-state index in [1.54, 1.807) is 0 Å². The third kappa shape index (κ3) is 1.95. The first-order valence-corrected chi connectivity index (χ1v) is 3.56. The van der Waals surface area contributed by atoms with Crippen LogP contribution < -0.4 is 0 Å². The molecular formula is C6H10BrO. The van der Waals surface area contributed by atoms with Crippen molar-refractivity contribution in [3.63, 3.8) is 0 Å². The van der Waals surface area contributed by atoms with Crippen LogP contribution in [0.15, 0.2) is 0 Å². The summed E-state index contributed by atoms with van der Waals surface area (Å²) in [6, 6.07) is 0. The summed E-state index contributed by atoms with van der Waals surface area (Å²) in [5.74, 6) is 0. The fourth-order valence-electron chi connectivity index (χ4n) is 0.394. The molecule has 8 heavy (non-hydrogen) atoms. The zero-order valence-corrected chi connectivity index (χ0v) is 6.79. The molecule has 0 aliphatic heterocycles. The minimum absolute atomic E-state index is 0.368. The van der Waals surface area contributed by atoms with E-state index < -0.39 is 0 Å². The average molecular weight is 178 g/mol. The topological polar surface area (TPSA) is 17.1 Å². The second-order valence-electron chi connectivity index (χ2n) is 1.77. The van der Waals surface area contributed by atoms with Crippen molar-refractivity contribution in [2.75, 3.05) is 0 Å². The van der Waals surface area contributed by atoms with Crippen LogP contribution in [-0.2, 0) is 4.79 Å². The SMILES string of the molecule is CCC(Br)([C]=O)CC. The van der Waals surface area contributed by atoms with Crippen LogP contribution in [0.5, 0.6) is 0 Å². The van der Waals surface area contributed by atoms with Gasteiger partial charge in [0.15, 0.2) is 0 Å². The number of alkyl halides is 1. The number of hydrogen-bond donors (Lipinski definition) is 0. The van der Waals surface area contributed by atoms with Gasteiger partial charge in [-0.3, -0.25) is 4.79 Å². The Morgan fingerprint density at radius 1 is 1.50 bits per heavy atom. The Kier molecular flexibility index (Phi) is 3.29. The molecule has 0 amide bonds. The van der Waals surface area contributed by atoms with E-state index in [1.165, 1.54) is 0 Å². The van der Waals surface area contributed by atoms with Crippen LogP contribution in [0.2, 0.25) is 0 Å². The first kappa shape index (κ1) is 8.15. The molecule has 0 aromatic carbocycles. The summed E-state index contributed by atoms with van der Waals surface area (Å²) in [6.07, 6.45) is 3.57. The molecule has 0 unspecified atom stereocenters. The highest BCUT2D eigenvalue weighted by Crippen LogP contribution is 2.22. The Bertz CT molecular complexity index is 76.6.